The molecule has 0 radical (unpaired) electrons. The second kappa shape index (κ2) is 8.05. The monoisotopic (exact) mass is 328 g/mol. The lowest BCUT2D eigenvalue weighted by atomic mass is 9.90. The smallest absolute Gasteiger partial charge is 0.313 e. The molecule has 1 aromatic rings. The van der Waals surface area contributed by atoms with E-state index in [1.54, 1.807) is 12.1 Å². The summed E-state index contributed by atoms with van der Waals surface area (Å²) in [4.78, 5) is 12.2. The zero-order valence-corrected chi connectivity index (χ0v) is 13.9. The Morgan fingerprint density at radius 1 is 1.29 bits per heavy atom. The van der Waals surface area contributed by atoms with Gasteiger partial charge in [0.15, 0.2) is 0 Å². The summed E-state index contributed by atoms with van der Waals surface area (Å²) in [5, 5.41) is 1.00. The molecule has 0 N–H and O–H groups in total. The van der Waals surface area contributed by atoms with Crippen LogP contribution in [-0.2, 0) is 9.53 Å². The lowest BCUT2D eigenvalue weighted by molar-refractivity contribution is -0.145. The molecule has 116 valence electrons. The van der Waals surface area contributed by atoms with Gasteiger partial charge in [0.1, 0.15) is 0 Å². The van der Waals surface area contributed by atoms with Crippen LogP contribution < -0.4 is 0 Å². The zero-order valence-electron chi connectivity index (χ0n) is 12.4. The van der Waals surface area contributed by atoms with Gasteiger partial charge in [-0.05, 0) is 43.4 Å². The number of esters is 1. The molecule has 0 spiro atoms. The highest BCUT2D eigenvalue weighted by Gasteiger charge is 2.25. The molecule has 1 aromatic carbocycles. The SMILES string of the molecule is CCOC(=O)C(CCC1CCCC1)c1ccc(Cl)c(Cl)c1. The lowest BCUT2D eigenvalue weighted by Gasteiger charge is -2.18. The van der Waals surface area contributed by atoms with Gasteiger partial charge in [-0.25, -0.2) is 0 Å². The predicted octanol–water partition coefficient (Wildman–Crippen LogP) is 5.61. The number of benzene rings is 1. The number of rotatable bonds is 6. The molecule has 4 heteroatoms. The van der Waals surface area contributed by atoms with Crippen molar-refractivity contribution in [1.29, 1.82) is 0 Å². The summed E-state index contributed by atoms with van der Waals surface area (Å²) in [5.74, 6) is 0.360. The summed E-state index contributed by atoms with van der Waals surface area (Å²) in [7, 11) is 0. The van der Waals surface area contributed by atoms with E-state index in [4.69, 9.17) is 27.9 Å². The Bertz CT molecular complexity index is 482. The molecular formula is C17H22Cl2O2. The van der Waals surface area contributed by atoms with Crippen molar-refractivity contribution in [1.82, 2.24) is 0 Å². The van der Waals surface area contributed by atoms with Crippen LogP contribution in [-0.4, -0.2) is 12.6 Å². The molecule has 0 saturated heterocycles. The van der Waals surface area contributed by atoms with Gasteiger partial charge in [0.05, 0.1) is 22.6 Å². The van der Waals surface area contributed by atoms with Gasteiger partial charge in [0.25, 0.3) is 0 Å². The van der Waals surface area contributed by atoms with Gasteiger partial charge in [-0.2, -0.15) is 0 Å². The third kappa shape index (κ3) is 4.62. The largest absolute Gasteiger partial charge is 0.466 e. The van der Waals surface area contributed by atoms with Crippen molar-refractivity contribution in [3.05, 3.63) is 33.8 Å². The normalized spacial score (nSPS) is 16.9. The fraction of sp³-hybridized carbons (Fsp3) is 0.588. The van der Waals surface area contributed by atoms with Crippen molar-refractivity contribution >= 4 is 29.2 Å². The first-order valence-electron chi connectivity index (χ1n) is 7.73. The van der Waals surface area contributed by atoms with Gasteiger partial charge in [-0.1, -0.05) is 55.0 Å². The minimum atomic E-state index is -0.236. The first-order valence-corrected chi connectivity index (χ1v) is 8.49. The Hall–Kier alpha value is -0.730. The van der Waals surface area contributed by atoms with Crippen LogP contribution in [0.4, 0.5) is 0 Å². The minimum Gasteiger partial charge on any atom is -0.466 e. The van der Waals surface area contributed by atoms with E-state index in [0.717, 1.165) is 24.3 Å². The summed E-state index contributed by atoms with van der Waals surface area (Å²) in [6.07, 6.45) is 7.11. The molecule has 1 aliphatic carbocycles. The Morgan fingerprint density at radius 3 is 2.62 bits per heavy atom. The van der Waals surface area contributed by atoms with E-state index in [2.05, 4.69) is 0 Å². The van der Waals surface area contributed by atoms with E-state index in [1.807, 2.05) is 13.0 Å². The number of ether oxygens (including phenoxy) is 1. The molecule has 0 bridgehead atoms. The van der Waals surface area contributed by atoms with Crippen molar-refractivity contribution in [2.45, 2.75) is 51.4 Å². The maximum atomic E-state index is 12.2. The fourth-order valence-electron chi connectivity index (χ4n) is 3.09. The average molecular weight is 329 g/mol. The third-order valence-corrected chi connectivity index (χ3v) is 4.99. The quantitative estimate of drug-likeness (QED) is 0.634. The highest BCUT2D eigenvalue weighted by atomic mass is 35.5. The second-order valence-corrected chi connectivity index (χ2v) is 6.52. The van der Waals surface area contributed by atoms with Gasteiger partial charge in [-0.15, -0.1) is 0 Å². The topological polar surface area (TPSA) is 26.3 Å². The van der Waals surface area contributed by atoms with Crippen LogP contribution in [0.15, 0.2) is 18.2 Å². The fourth-order valence-corrected chi connectivity index (χ4v) is 3.40. The molecule has 2 nitrogen and oxygen atoms in total. The van der Waals surface area contributed by atoms with E-state index >= 15 is 0 Å². The molecule has 0 heterocycles. The maximum absolute atomic E-state index is 12.2. The number of halogens is 2. The summed E-state index contributed by atoms with van der Waals surface area (Å²) < 4.78 is 5.23. The Morgan fingerprint density at radius 2 is 2.00 bits per heavy atom. The van der Waals surface area contributed by atoms with E-state index < -0.39 is 0 Å². The first-order chi connectivity index (χ1) is 10.1. The molecule has 2 rings (SSSR count). The van der Waals surface area contributed by atoms with Gasteiger partial charge in [-0.3, -0.25) is 4.79 Å². The molecule has 1 fully saturated rings. The van der Waals surface area contributed by atoms with E-state index in [9.17, 15) is 4.79 Å². The summed E-state index contributed by atoms with van der Waals surface area (Å²) in [6, 6.07) is 5.42. The predicted molar refractivity (Wildman–Crippen MR) is 87.0 cm³/mol. The Labute approximate surface area is 136 Å². The first kappa shape index (κ1) is 16.6. The second-order valence-electron chi connectivity index (χ2n) is 5.71. The van der Waals surface area contributed by atoms with Gasteiger partial charge in [0.2, 0.25) is 0 Å². The van der Waals surface area contributed by atoms with Crippen molar-refractivity contribution in [3.8, 4) is 0 Å². The van der Waals surface area contributed by atoms with Gasteiger partial charge in [0, 0.05) is 0 Å². The molecule has 21 heavy (non-hydrogen) atoms. The van der Waals surface area contributed by atoms with Gasteiger partial charge >= 0.3 is 5.97 Å². The molecule has 0 aliphatic heterocycles. The standard InChI is InChI=1S/C17H22Cl2O2/c1-2-21-17(20)14(9-7-12-5-3-4-6-12)13-8-10-15(18)16(19)11-13/h8,10-12,14H,2-7,9H2,1H3. The van der Waals surface area contributed by atoms with Gasteiger partial charge < -0.3 is 4.74 Å². The molecule has 1 unspecified atom stereocenters. The van der Waals surface area contributed by atoms with Crippen LogP contribution in [0.1, 0.15) is 56.9 Å². The highest BCUT2D eigenvalue weighted by molar-refractivity contribution is 6.42. The summed E-state index contributed by atoms with van der Waals surface area (Å²) in [6.45, 7) is 2.24. The highest BCUT2D eigenvalue weighted by Crippen LogP contribution is 2.34. The van der Waals surface area contributed by atoms with Crippen LogP contribution in [0.2, 0.25) is 10.0 Å². The molecule has 1 atom stereocenters. The van der Waals surface area contributed by atoms with Crippen LogP contribution in [0.25, 0.3) is 0 Å². The van der Waals surface area contributed by atoms with E-state index in [1.165, 1.54) is 25.7 Å². The van der Waals surface area contributed by atoms with Crippen LogP contribution >= 0.6 is 23.2 Å². The molecular weight excluding hydrogens is 307 g/mol. The molecule has 0 aromatic heterocycles. The number of hydrogen-bond acceptors (Lipinski definition) is 2. The number of carbonyl (C=O) groups excluding carboxylic acids is 1. The van der Waals surface area contributed by atoms with Crippen molar-refractivity contribution < 1.29 is 9.53 Å². The van der Waals surface area contributed by atoms with Crippen molar-refractivity contribution in [2.75, 3.05) is 6.61 Å². The van der Waals surface area contributed by atoms with Crippen molar-refractivity contribution in [2.24, 2.45) is 5.92 Å². The Kier molecular flexibility index (Phi) is 6.38. The van der Waals surface area contributed by atoms with Crippen molar-refractivity contribution in [3.63, 3.8) is 0 Å². The average Bonchev–Trinajstić information content (AvgIpc) is 2.96. The lowest BCUT2D eigenvalue weighted by Crippen LogP contribution is -2.17. The van der Waals surface area contributed by atoms with Crippen LogP contribution in [0.5, 0.6) is 0 Å². The summed E-state index contributed by atoms with van der Waals surface area (Å²) in [5.41, 5.74) is 0.904. The zero-order chi connectivity index (χ0) is 15.2. The number of carbonyl (C=O) groups is 1. The summed E-state index contributed by atoms with van der Waals surface area (Å²) >= 11 is 12.0. The van der Waals surface area contributed by atoms with Crippen LogP contribution in [0, 0.1) is 5.92 Å². The molecule has 1 aliphatic rings. The van der Waals surface area contributed by atoms with Crippen LogP contribution in [0.3, 0.4) is 0 Å². The Balaban J connectivity index is 2.09. The van der Waals surface area contributed by atoms with E-state index in [-0.39, 0.29) is 11.9 Å². The third-order valence-electron chi connectivity index (χ3n) is 4.26. The maximum Gasteiger partial charge on any atom is 0.313 e. The minimum absolute atomic E-state index is 0.158. The molecule has 0 amide bonds. The number of hydrogen-bond donors (Lipinski definition) is 0. The van der Waals surface area contributed by atoms with E-state index in [0.29, 0.717) is 16.7 Å². The molecule has 1 saturated carbocycles.